The molecule has 0 aromatic carbocycles. The van der Waals surface area contributed by atoms with Crippen molar-refractivity contribution in [2.24, 2.45) is 0 Å². The molecule has 0 aromatic heterocycles. The molecule has 0 spiro atoms. The number of hydrogen-bond donors (Lipinski definition) is 0. The Kier molecular flexibility index (Phi) is 23.7. The zero-order valence-corrected chi connectivity index (χ0v) is 9.39. The maximum atomic E-state index is 10.8. The Morgan fingerprint density at radius 2 is 1.22 bits per heavy atom. The normalized spacial score (nSPS) is 8.00. The summed E-state index contributed by atoms with van der Waals surface area (Å²) in [6, 6.07) is 0. The average molecular weight is 282 g/mol. The molecule has 0 saturated carbocycles. The second-order valence-electron chi connectivity index (χ2n) is 0.969. The van der Waals surface area contributed by atoms with Crippen LogP contribution in [-0.4, -0.2) is 29.2 Å². The fourth-order valence-electron chi connectivity index (χ4n) is 0. The molecule has 0 aliphatic carbocycles. The van der Waals surface area contributed by atoms with E-state index in [0.29, 0.717) is 0 Å². The Morgan fingerprint density at radius 3 is 1.22 bits per heavy atom. The molecule has 0 atom stereocenters. The van der Waals surface area contributed by atoms with Crippen molar-refractivity contribution in [1.29, 1.82) is 0 Å². The summed E-state index contributed by atoms with van der Waals surface area (Å²) in [5.74, 6) is 0. The third kappa shape index (κ3) is 26.4. The van der Waals surface area contributed by atoms with E-state index in [2.05, 4.69) is 0 Å². The number of halogens is 5. The Balaban J connectivity index is -0.0000000417. The summed E-state index contributed by atoms with van der Waals surface area (Å²) < 4.78 is 32.4. The van der Waals surface area contributed by atoms with Crippen LogP contribution in [0.4, 0.5) is 13.2 Å². The van der Waals surface area contributed by atoms with Gasteiger partial charge in [-0.25, -0.2) is 0 Å². The van der Waals surface area contributed by atoms with Crippen molar-refractivity contribution in [3.63, 3.8) is 0 Å². The van der Waals surface area contributed by atoms with E-state index in [-0.39, 0.29) is 57.0 Å². The van der Waals surface area contributed by atoms with Gasteiger partial charge in [-0.05, 0) is 0 Å². The van der Waals surface area contributed by atoms with Crippen LogP contribution in [0.3, 0.4) is 0 Å². The summed E-state index contributed by atoms with van der Waals surface area (Å²) in [6.45, 7) is 1.08. The van der Waals surface area contributed by atoms with Gasteiger partial charge in [-0.1, -0.05) is 6.92 Å². The summed E-state index contributed by atoms with van der Waals surface area (Å²) in [4.78, 5) is 0. The fraction of sp³-hybridized carbons (Fsp3) is 1.00. The molecule has 0 N–H and O–H groups in total. The van der Waals surface area contributed by atoms with Gasteiger partial charge in [0.2, 0.25) is 0 Å². The Bertz CT molecular complexity index is 46.8. The average Bonchev–Trinajstić information content (AvgIpc) is 1.35. The van der Waals surface area contributed by atoms with Gasteiger partial charge in [0.15, 0.2) is 0 Å². The summed E-state index contributed by atoms with van der Waals surface area (Å²) in [7, 11) is 0. The van der Waals surface area contributed by atoms with E-state index in [1.54, 1.807) is 0 Å². The largest absolute Gasteiger partial charge is 2.00 e. The molecular formula is C3H5Br2F3Mg. The molecule has 0 rings (SSSR count). The van der Waals surface area contributed by atoms with Crippen LogP contribution >= 0.6 is 0 Å². The van der Waals surface area contributed by atoms with Crippen molar-refractivity contribution in [1.82, 2.24) is 0 Å². The molecule has 0 radical (unpaired) electrons. The molecule has 0 heterocycles. The molecule has 6 heteroatoms. The first-order valence-electron chi connectivity index (χ1n) is 1.63. The van der Waals surface area contributed by atoms with Crippen LogP contribution in [0.15, 0.2) is 0 Å². The van der Waals surface area contributed by atoms with Crippen LogP contribution in [0.5, 0.6) is 0 Å². The van der Waals surface area contributed by atoms with E-state index in [9.17, 15) is 13.2 Å². The van der Waals surface area contributed by atoms with Gasteiger partial charge >= 0.3 is 29.2 Å². The van der Waals surface area contributed by atoms with Crippen molar-refractivity contribution in [2.45, 2.75) is 19.5 Å². The molecule has 0 bridgehead atoms. The summed E-state index contributed by atoms with van der Waals surface area (Å²) >= 11 is 0. The van der Waals surface area contributed by atoms with Gasteiger partial charge < -0.3 is 34.0 Å². The topological polar surface area (TPSA) is 0 Å². The predicted octanol–water partition coefficient (Wildman–Crippen LogP) is -4.41. The van der Waals surface area contributed by atoms with Gasteiger partial charge in [-0.2, -0.15) is 13.2 Å². The zero-order chi connectivity index (χ0) is 5.21. The molecular weight excluding hydrogens is 277 g/mol. The molecule has 54 valence electrons. The van der Waals surface area contributed by atoms with E-state index in [1.807, 2.05) is 0 Å². The third-order valence-corrected chi connectivity index (χ3v) is 0.401. The van der Waals surface area contributed by atoms with Gasteiger partial charge in [0, 0.05) is 6.42 Å². The first-order chi connectivity index (χ1) is 2.56. The van der Waals surface area contributed by atoms with Crippen molar-refractivity contribution in [2.75, 3.05) is 0 Å². The van der Waals surface area contributed by atoms with E-state index in [1.165, 1.54) is 0 Å². The molecule has 0 aliphatic rings. The van der Waals surface area contributed by atoms with Gasteiger partial charge in [-0.3, -0.25) is 0 Å². The maximum absolute atomic E-state index is 10.8. The zero-order valence-electron chi connectivity index (χ0n) is 4.80. The first-order valence-corrected chi connectivity index (χ1v) is 1.63. The minimum absolute atomic E-state index is 0. The minimum atomic E-state index is -3.96. The second kappa shape index (κ2) is 9.52. The van der Waals surface area contributed by atoms with Crippen molar-refractivity contribution in [3.05, 3.63) is 0 Å². The molecule has 9 heavy (non-hydrogen) atoms. The monoisotopic (exact) mass is 280 g/mol. The van der Waals surface area contributed by atoms with Crippen LogP contribution in [0, 0.1) is 0 Å². The van der Waals surface area contributed by atoms with Crippen LogP contribution in [0.25, 0.3) is 0 Å². The Morgan fingerprint density at radius 1 is 1.11 bits per heavy atom. The molecule has 0 amide bonds. The predicted molar refractivity (Wildman–Crippen MR) is 22.1 cm³/mol. The molecule has 0 saturated heterocycles. The van der Waals surface area contributed by atoms with Crippen LogP contribution in [-0.2, 0) is 0 Å². The summed E-state index contributed by atoms with van der Waals surface area (Å²) in [5, 5.41) is 0. The minimum Gasteiger partial charge on any atom is -1.00 e. The molecule has 0 fully saturated rings. The van der Waals surface area contributed by atoms with Gasteiger partial charge in [-0.15, -0.1) is 0 Å². The Labute approximate surface area is 89.3 Å². The van der Waals surface area contributed by atoms with E-state index in [0.717, 1.165) is 6.92 Å². The van der Waals surface area contributed by atoms with Gasteiger partial charge in [0.1, 0.15) is 0 Å². The van der Waals surface area contributed by atoms with Crippen molar-refractivity contribution in [3.8, 4) is 0 Å². The van der Waals surface area contributed by atoms with Crippen LogP contribution in [0.2, 0.25) is 0 Å². The third-order valence-electron chi connectivity index (χ3n) is 0.401. The first kappa shape index (κ1) is 22.4. The van der Waals surface area contributed by atoms with E-state index < -0.39 is 12.6 Å². The molecule has 0 unspecified atom stereocenters. The molecule has 0 nitrogen and oxygen atoms in total. The van der Waals surface area contributed by atoms with Crippen molar-refractivity contribution >= 4 is 23.1 Å². The van der Waals surface area contributed by atoms with Crippen LogP contribution < -0.4 is 34.0 Å². The Hall–Kier alpha value is 1.52. The fourth-order valence-corrected chi connectivity index (χ4v) is 0. The second-order valence-corrected chi connectivity index (χ2v) is 0.969. The molecule has 0 aromatic rings. The molecule has 0 aliphatic heterocycles. The van der Waals surface area contributed by atoms with Gasteiger partial charge in [0.25, 0.3) is 0 Å². The standard InChI is InChI=1S/C3H5F3.2BrH.Mg/c1-2-3(4,5)6;;;/h2H2,1H3;2*1H;/q;;;+2/p-2. The number of hydrogen-bond acceptors (Lipinski definition) is 0. The summed E-state index contributed by atoms with van der Waals surface area (Å²) in [5.41, 5.74) is 0. The smallest absolute Gasteiger partial charge is 1.00 e. The number of rotatable bonds is 0. The quantitative estimate of drug-likeness (QED) is 0.394. The maximum Gasteiger partial charge on any atom is 2.00 e. The van der Waals surface area contributed by atoms with Crippen LogP contribution in [0.1, 0.15) is 13.3 Å². The number of alkyl halides is 3. The van der Waals surface area contributed by atoms with E-state index in [4.69, 9.17) is 0 Å². The van der Waals surface area contributed by atoms with Crippen molar-refractivity contribution < 1.29 is 47.1 Å². The SMILES string of the molecule is CCC(F)(F)F.[Br-].[Br-].[Mg+2]. The summed E-state index contributed by atoms with van der Waals surface area (Å²) in [6.07, 6.45) is -4.69. The van der Waals surface area contributed by atoms with Gasteiger partial charge in [0.05, 0.1) is 0 Å². The van der Waals surface area contributed by atoms with E-state index >= 15 is 0 Å².